The Balaban J connectivity index is 1.37. The van der Waals surface area contributed by atoms with E-state index in [1.165, 1.54) is 11.3 Å². The number of ether oxygens (including phenoxy) is 1. The fourth-order valence-electron chi connectivity index (χ4n) is 3.85. The summed E-state index contributed by atoms with van der Waals surface area (Å²) in [5, 5.41) is 0. The van der Waals surface area contributed by atoms with Crippen LogP contribution in [0.1, 0.15) is 28.2 Å². The van der Waals surface area contributed by atoms with Gasteiger partial charge in [-0.15, -0.1) is 11.3 Å². The van der Waals surface area contributed by atoms with Crippen LogP contribution in [-0.4, -0.2) is 35.0 Å². The molecule has 0 bridgehead atoms. The first-order valence-corrected chi connectivity index (χ1v) is 8.99. The lowest BCUT2D eigenvalue weighted by molar-refractivity contribution is 0.0773. The highest BCUT2D eigenvalue weighted by Crippen LogP contribution is 2.40. The summed E-state index contributed by atoms with van der Waals surface area (Å²) in [6.45, 7) is 3.62. The number of nitrogens with zero attached hydrogens (tertiary/aromatic N) is 2. The van der Waals surface area contributed by atoms with Gasteiger partial charge in [0.1, 0.15) is 10.6 Å². The number of aromatic nitrogens is 1. The van der Waals surface area contributed by atoms with Gasteiger partial charge in [-0.05, 0) is 43.7 Å². The molecule has 2 aliphatic rings. The van der Waals surface area contributed by atoms with Gasteiger partial charge in [0.15, 0.2) is 0 Å². The van der Waals surface area contributed by atoms with E-state index >= 15 is 0 Å². The van der Waals surface area contributed by atoms with Gasteiger partial charge >= 0.3 is 0 Å². The molecule has 3 atom stereocenters. The SMILES string of the molecule is Cc1ncsc1C(=O)N1C[C@H]2CC(Oc3ccccc3)C[C@H]2C1. The number of benzene rings is 1. The predicted molar refractivity (Wildman–Crippen MR) is 89.8 cm³/mol. The van der Waals surface area contributed by atoms with E-state index in [4.69, 9.17) is 4.74 Å². The van der Waals surface area contributed by atoms with Gasteiger partial charge in [0.05, 0.1) is 17.3 Å². The highest BCUT2D eigenvalue weighted by Gasteiger charge is 2.43. The van der Waals surface area contributed by atoms with Gasteiger partial charge in [-0.1, -0.05) is 18.2 Å². The molecule has 4 nitrogen and oxygen atoms in total. The van der Waals surface area contributed by atoms with E-state index in [0.29, 0.717) is 11.8 Å². The topological polar surface area (TPSA) is 42.4 Å². The first-order chi connectivity index (χ1) is 11.2. The summed E-state index contributed by atoms with van der Waals surface area (Å²) in [6, 6.07) is 10.0. The number of hydrogen-bond acceptors (Lipinski definition) is 4. The number of carbonyl (C=O) groups excluding carboxylic acids is 1. The van der Waals surface area contributed by atoms with Crippen LogP contribution in [-0.2, 0) is 0 Å². The number of fused-ring (bicyclic) bond motifs is 1. The van der Waals surface area contributed by atoms with Gasteiger partial charge in [0.2, 0.25) is 0 Å². The molecular weight excluding hydrogens is 308 g/mol. The Morgan fingerprint density at radius 1 is 1.22 bits per heavy atom. The molecule has 1 saturated carbocycles. The molecule has 1 aromatic carbocycles. The molecule has 1 aromatic heterocycles. The fraction of sp³-hybridized carbons (Fsp3) is 0.444. The number of para-hydroxylation sites is 1. The summed E-state index contributed by atoms with van der Waals surface area (Å²) >= 11 is 1.45. The molecule has 0 N–H and O–H groups in total. The van der Waals surface area contributed by atoms with Crippen LogP contribution >= 0.6 is 11.3 Å². The minimum Gasteiger partial charge on any atom is -0.490 e. The Hall–Kier alpha value is -1.88. The molecule has 0 spiro atoms. The zero-order valence-corrected chi connectivity index (χ0v) is 14.0. The first-order valence-electron chi connectivity index (χ1n) is 8.12. The van der Waals surface area contributed by atoms with Crippen LogP contribution in [0.25, 0.3) is 0 Å². The van der Waals surface area contributed by atoms with E-state index in [-0.39, 0.29) is 12.0 Å². The zero-order valence-electron chi connectivity index (χ0n) is 13.1. The maximum absolute atomic E-state index is 12.6. The van der Waals surface area contributed by atoms with Crippen molar-refractivity contribution in [1.29, 1.82) is 0 Å². The van der Waals surface area contributed by atoms with Crippen molar-refractivity contribution in [1.82, 2.24) is 9.88 Å². The van der Waals surface area contributed by atoms with Gasteiger partial charge in [-0.25, -0.2) is 4.98 Å². The standard InChI is InChI=1S/C18H20N2O2S/c1-12-17(23-11-19-12)18(21)20-9-13-7-16(8-14(13)10-20)22-15-5-3-2-4-6-15/h2-6,11,13-14,16H,7-10H2,1H3/t13-,14+,16?. The van der Waals surface area contributed by atoms with Gasteiger partial charge in [0.25, 0.3) is 5.91 Å². The highest BCUT2D eigenvalue weighted by atomic mass is 32.1. The van der Waals surface area contributed by atoms with Crippen LogP contribution in [0.3, 0.4) is 0 Å². The molecule has 2 heterocycles. The van der Waals surface area contributed by atoms with Gasteiger partial charge in [-0.3, -0.25) is 4.79 Å². The van der Waals surface area contributed by atoms with Crippen molar-refractivity contribution < 1.29 is 9.53 Å². The van der Waals surface area contributed by atoms with Crippen LogP contribution in [0.5, 0.6) is 5.75 Å². The van der Waals surface area contributed by atoms with Crippen molar-refractivity contribution in [3.05, 3.63) is 46.4 Å². The third-order valence-electron chi connectivity index (χ3n) is 4.98. The van der Waals surface area contributed by atoms with Crippen molar-refractivity contribution in [2.45, 2.75) is 25.9 Å². The summed E-state index contributed by atoms with van der Waals surface area (Å²) in [5.74, 6) is 2.24. The lowest BCUT2D eigenvalue weighted by Gasteiger charge is -2.19. The summed E-state index contributed by atoms with van der Waals surface area (Å²) < 4.78 is 6.09. The average Bonchev–Trinajstić information content (AvgIpc) is 3.22. The number of hydrogen-bond donors (Lipinski definition) is 0. The molecular formula is C18H20N2O2S. The van der Waals surface area contributed by atoms with Crippen molar-refractivity contribution in [2.24, 2.45) is 11.8 Å². The van der Waals surface area contributed by atoms with E-state index in [9.17, 15) is 4.79 Å². The molecule has 4 rings (SSSR count). The van der Waals surface area contributed by atoms with Gasteiger partial charge in [0, 0.05) is 13.1 Å². The molecule has 2 fully saturated rings. The van der Waals surface area contributed by atoms with Crippen molar-refractivity contribution in [3.63, 3.8) is 0 Å². The van der Waals surface area contributed by atoms with Crippen LogP contribution in [0.4, 0.5) is 0 Å². The maximum Gasteiger partial charge on any atom is 0.265 e. The third-order valence-corrected chi connectivity index (χ3v) is 5.90. The lowest BCUT2D eigenvalue weighted by atomic mass is 10.0. The van der Waals surface area contributed by atoms with E-state index in [0.717, 1.165) is 42.3 Å². The van der Waals surface area contributed by atoms with Crippen molar-refractivity contribution in [3.8, 4) is 5.75 Å². The van der Waals surface area contributed by atoms with E-state index in [1.807, 2.05) is 42.2 Å². The van der Waals surface area contributed by atoms with Crippen LogP contribution in [0.2, 0.25) is 0 Å². The maximum atomic E-state index is 12.6. The van der Waals surface area contributed by atoms with Gasteiger partial charge < -0.3 is 9.64 Å². The largest absolute Gasteiger partial charge is 0.490 e. The molecule has 1 saturated heterocycles. The monoisotopic (exact) mass is 328 g/mol. The van der Waals surface area contributed by atoms with Gasteiger partial charge in [-0.2, -0.15) is 0 Å². The van der Waals surface area contributed by atoms with Crippen molar-refractivity contribution in [2.75, 3.05) is 13.1 Å². The number of likely N-dealkylation sites (tertiary alicyclic amines) is 1. The van der Waals surface area contributed by atoms with Crippen molar-refractivity contribution >= 4 is 17.2 Å². The smallest absolute Gasteiger partial charge is 0.265 e. The second kappa shape index (κ2) is 5.96. The Morgan fingerprint density at radius 2 is 1.91 bits per heavy atom. The molecule has 120 valence electrons. The Morgan fingerprint density at radius 3 is 2.52 bits per heavy atom. The Kier molecular flexibility index (Phi) is 3.81. The minimum absolute atomic E-state index is 0.153. The molecule has 1 aliphatic carbocycles. The molecule has 0 radical (unpaired) electrons. The number of carbonyl (C=O) groups is 1. The Bertz CT molecular complexity index is 686. The Labute approximate surface area is 140 Å². The number of amides is 1. The fourth-order valence-corrected chi connectivity index (χ4v) is 4.62. The molecule has 1 aliphatic heterocycles. The van der Waals surface area contributed by atoms with E-state index in [1.54, 1.807) is 5.51 Å². The van der Waals surface area contributed by atoms with Crippen LogP contribution in [0.15, 0.2) is 35.8 Å². The molecule has 5 heteroatoms. The second-order valence-electron chi connectivity index (χ2n) is 6.52. The highest BCUT2D eigenvalue weighted by molar-refractivity contribution is 7.11. The predicted octanol–water partition coefficient (Wildman–Crippen LogP) is 3.38. The molecule has 23 heavy (non-hydrogen) atoms. The molecule has 1 amide bonds. The normalized spacial score (nSPS) is 26.3. The zero-order chi connectivity index (χ0) is 15.8. The number of thiazole rings is 1. The second-order valence-corrected chi connectivity index (χ2v) is 7.38. The summed E-state index contributed by atoms with van der Waals surface area (Å²) in [7, 11) is 0. The number of rotatable bonds is 3. The van der Waals surface area contributed by atoms with Crippen LogP contribution < -0.4 is 4.74 Å². The molecule has 2 aromatic rings. The number of aryl methyl sites for hydroxylation is 1. The third kappa shape index (κ3) is 2.85. The lowest BCUT2D eigenvalue weighted by Crippen LogP contribution is -2.30. The molecule has 1 unspecified atom stereocenters. The minimum atomic E-state index is 0.153. The summed E-state index contributed by atoms with van der Waals surface area (Å²) in [6.07, 6.45) is 2.38. The van der Waals surface area contributed by atoms with Crippen LogP contribution in [0, 0.1) is 18.8 Å². The average molecular weight is 328 g/mol. The van der Waals surface area contributed by atoms with E-state index in [2.05, 4.69) is 4.98 Å². The van der Waals surface area contributed by atoms with E-state index < -0.39 is 0 Å². The summed E-state index contributed by atoms with van der Waals surface area (Å²) in [4.78, 5) is 19.6. The first kappa shape index (κ1) is 14.7. The quantitative estimate of drug-likeness (QED) is 0.867. The summed E-state index contributed by atoms with van der Waals surface area (Å²) in [5.41, 5.74) is 2.60.